The van der Waals surface area contributed by atoms with E-state index in [2.05, 4.69) is 15.3 Å². The molecular weight excluding hydrogens is 302 g/mol. The second kappa shape index (κ2) is 5.42. The first-order valence-corrected chi connectivity index (χ1v) is 7.71. The Kier molecular flexibility index (Phi) is 3.23. The largest absolute Gasteiger partial charge is 0.324 e. The van der Waals surface area contributed by atoms with E-state index >= 15 is 0 Å². The lowest BCUT2D eigenvalue weighted by molar-refractivity contribution is 0.630. The van der Waals surface area contributed by atoms with Gasteiger partial charge < -0.3 is 10.3 Å². The number of para-hydroxylation sites is 3. The van der Waals surface area contributed by atoms with Gasteiger partial charge in [0.15, 0.2) is 0 Å². The normalized spacial score (nSPS) is 11.1. The highest BCUT2D eigenvalue weighted by molar-refractivity contribution is 5.78. The highest BCUT2D eigenvalue weighted by Crippen LogP contribution is 2.19. The third kappa shape index (κ3) is 2.20. The fourth-order valence-electron chi connectivity index (χ4n) is 2.84. The molecule has 0 aliphatic rings. The van der Waals surface area contributed by atoms with Crippen LogP contribution in [0.15, 0.2) is 59.4 Å². The highest BCUT2D eigenvalue weighted by atomic mass is 16.1. The molecule has 0 amide bonds. The molecule has 2 N–H and O–H groups in total. The van der Waals surface area contributed by atoms with Crippen LogP contribution < -0.4 is 10.9 Å². The van der Waals surface area contributed by atoms with E-state index < -0.39 is 0 Å². The van der Waals surface area contributed by atoms with Gasteiger partial charge in [0.05, 0.1) is 22.4 Å². The lowest BCUT2D eigenvalue weighted by atomic mass is 10.3. The third-order valence-electron chi connectivity index (χ3n) is 4.19. The van der Waals surface area contributed by atoms with Crippen molar-refractivity contribution in [3.8, 4) is 5.69 Å². The van der Waals surface area contributed by atoms with E-state index in [1.54, 1.807) is 4.68 Å². The van der Waals surface area contributed by atoms with Gasteiger partial charge in [-0.05, 0) is 31.2 Å². The van der Waals surface area contributed by atoms with E-state index in [1.807, 2.05) is 73.3 Å². The molecule has 2 heterocycles. The molecule has 0 saturated carbocycles. The average Bonchev–Trinajstić information content (AvgIpc) is 3.10. The minimum absolute atomic E-state index is 0.110. The fourth-order valence-corrected chi connectivity index (χ4v) is 2.84. The summed E-state index contributed by atoms with van der Waals surface area (Å²) in [5.41, 5.74) is 3.85. The predicted molar refractivity (Wildman–Crippen MR) is 95.1 cm³/mol. The number of imidazole rings is 1. The van der Waals surface area contributed by atoms with Crippen molar-refractivity contribution >= 4 is 22.7 Å². The number of aromatic amines is 1. The molecule has 120 valence electrons. The maximum absolute atomic E-state index is 12.9. The molecule has 0 aliphatic heterocycles. The highest BCUT2D eigenvalue weighted by Gasteiger charge is 2.17. The van der Waals surface area contributed by atoms with Crippen molar-refractivity contribution in [3.63, 3.8) is 0 Å². The van der Waals surface area contributed by atoms with Gasteiger partial charge in [0.1, 0.15) is 5.69 Å². The summed E-state index contributed by atoms with van der Waals surface area (Å²) in [7, 11) is 1.87. The number of benzene rings is 2. The number of rotatable bonds is 3. The smallest absolute Gasteiger partial charge is 0.295 e. The van der Waals surface area contributed by atoms with Gasteiger partial charge in [0.2, 0.25) is 5.95 Å². The molecule has 0 aliphatic carbocycles. The van der Waals surface area contributed by atoms with Crippen molar-refractivity contribution in [1.82, 2.24) is 19.3 Å². The Balaban J connectivity index is 1.80. The van der Waals surface area contributed by atoms with Crippen LogP contribution in [0.5, 0.6) is 0 Å². The van der Waals surface area contributed by atoms with Crippen LogP contribution in [-0.2, 0) is 7.05 Å². The third-order valence-corrected chi connectivity index (χ3v) is 4.19. The van der Waals surface area contributed by atoms with E-state index in [9.17, 15) is 4.79 Å². The monoisotopic (exact) mass is 319 g/mol. The fraction of sp³-hybridized carbons (Fsp3) is 0.111. The van der Waals surface area contributed by atoms with Crippen molar-refractivity contribution in [3.05, 3.63) is 70.6 Å². The van der Waals surface area contributed by atoms with Crippen LogP contribution >= 0.6 is 0 Å². The number of nitrogens with zero attached hydrogens (tertiary/aromatic N) is 3. The zero-order valence-electron chi connectivity index (χ0n) is 13.4. The summed E-state index contributed by atoms with van der Waals surface area (Å²) in [4.78, 5) is 20.5. The van der Waals surface area contributed by atoms with Crippen LogP contribution in [0.4, 0.5) is 11.6 Å². The summed E-state index contributed by atoms with van der Waals surface area (Å²) in [6.07, 6.45) is 0. The van der Waals surface area contributed by atoms with E-state index in [4.69, 9.17) is 0 Å². The van der Waals surface area contributed by atoms with Crippen LogP contribution in [0, 0.1) is 6.92 Å². The van der Waals surface area contributed by atoms with E-state index in [-0.39, 0.29) is 5.56 Å². The Labute approximate surface area is 138 Å². The molecule has 2 aromatic carbocycles. The lowest BCUT2D eigenvalue weighted by Crippen LogP contribution is -2.20. The molecule has 6 heteroatoms. The number of aromatic nitrogens is 4. The molecule has 0 bridgehead atoms. The van der Waals surface area contributed by atoms with Gasteiger partial charge in [-0.2, -0.15) is 0 Å². The van der Waals surface area contributed by atoms with Crippen molar-refractivity contribution in [2.24, 2.45) is 7.05 Å². The standard InChI is InChI=1S/C18H17N5O/c1-12-16(21-18-19-14-10-6-7-11-15(14)20-18)17(24)23(22(12)2)13-8-4-3-5-9-13/h3-11H,1-2H3,(H2,19,20,21). The number of hydrogen-bond donors (Lipinski definition) is 2. The molecule has 0 saturated heterocycles. The number of hydrogen-bond acceptors (Lipinski definition) is 3. The Hall–Kier alpha value is -3.28. The van der Waals surface area contributed by atoms with Crippen molar-refractivity contribution in [1.29, 1.82) is 0 Å². The molecule has 0 unspecified atom stereocenters. The molecule has 4 aromatic rings. The average molecular weight is 319 g/mol. The van der Waals surface area contributed by atoms with Crippen molar-refractivity contribution in [2.75, 3.05) is 5.32 Å². The van der Waals surface area contributed by atoms with E-state index in [0.717, 1.165) is 22.4 Å². The minimum Gasteiger partial charge on any atom is -0.324 e. The number of fused-ring (bicyclic) bond motifs is 1. The molecule has 4 rings (SSSR count). The number of anilines is 2. The van der Waals surface area contributed by atoms with Gasteiger partial charge in [0.25, 0.3) is 5.56 Å². The molecule has 24 heavy (non-hydrogen) atoms. The molecule has 0 radical (unpaired) electrons. The minimum atomic E-state index is -0.110. The van der Waals surface area contributed by atoms with Crippen LogP contribution in [0.2, 0.25) is 0 Å². The lowest BCUT2D eigenvalue weighted by Gasteiger charge is -2.07. The van der Waals surface area contributed by atoms with Crippen LogP contribution in [-0.4, -0.2) is 19.3 Å². The summed E-state index contributed by atoms with van der Waals surface area (Å²) in [6, 6.07) is 17.3. The zero-order valence-corrected chi connectivity index (χ0v) is 13.4. The quantitative estimate of drug-likeness (QED) is 0.610. The maximum atomic E-state index is 12.9. The summed E-state index contributed by atoms with van der Waals surface area (Å²) >= 11 is 0. The predicted octanol–water partition coefficient (Wildman–Crippen LogP) is 3.10. The molecule has 0 atom stereocenters. The van der Waals surface area contributed by atoms with Gasteiger partial charge in [-0.25, -0.2) is 9.67 Å². The zero-order chi connectivity index (χ0) is 16.7. The van der Waals surface area contributed by atoms with Gasteiger partial charge in [-0.15, -0.1) is 0 Å². The Morgan fingerprint density at radius 1 is 1.04 bits per heavy atom. The second-order valence-corrected chi connectivity index (χ2v) is 5.66. The molecule has 6 nitrogen and oxygen atoms in total. The van der Waals surface area contributed by atoms with Crippen molar-refractivity contribution < 1.29 is 0 Å². The molecule has 2 aromatic heterocycles. The van der Waals surface area contributed by atoms with E-state index in [0.29, 0.717) is 11.6 Å². The topological polar surface area (TPSA) is 67.6 Å². The maximum Gasteiger partial charge on any atom is 0.295 e. The number of H-pyrrole nitrogens is 1. The Bertz CT molecular complexity index is 1040. The summed E-state index contributed by atoms with van der Waals surface area (Å²) in [5.74, 6) is 0.558. The first-order valence-electron chi connectivity index (χ1n) is 7.71. The van der Waals surface area contributed by atoms with E-state index in [1.165, 1.54) is 0 Å². The number of nitrogens with one attached hydrogen (secondary N) is 2. The molecule has 0 spiro atoms. The SMILES string of the molecule is Cc1c(Nc2nc3ccccc3[nH]2)c(=O)n(-c2ccccc2)n1C. The van der Waals surface area contributed by atoms with Crippen LogP contribution in [0.25, 0.3) is 16.7 Å². The summed E-state index contributed by atoms with van der Waals surface area (Å²) < 4.78 is 3.48. The van der Waals surface area contributed by atoms with Gasteiger partial charge in [-0.1, -0.05) is 30.3 Å². The summed E-state index contributed by atoms with van der Waals surface area (Å²) in [5, 5.41) is 3.14. The first kappa shape index (κ1) is 14.3. The van der Waals surface area contributed by atoms with Gasteiger partial charge in [0, 0.05) is 7.05 Å². The van der Waals surface area contributed by atoms with Crippen LogP contribution in [0.1, 0.15) is 5.69 Å². The molecule has 0 fully saturated rings. The van der Waals surface area contributed by atoms with Gasteiger partial charge in [-0.3, -0.25) is 9.48 Å². The summed E-state index contributed by atoms with van der Waals surface area (Å²) in [6.45, 7) is 1.91. The van der Waals surface area contributed by atoms with Crippen molar-refractivity contribution in [2.45, 2.75) is 6.92 Å². The first-order chi connectivity index (χ1) is 11.6. The van der Waals surface area contributed by atoms with Crippen LogP contribution in [0.3, 0.4) is 0 Å². The second-order valence-electron chi connectivity index (χ2n) is 5.66. The molecular formula is C18H17N5O. The Morgan fingerprint density at radius 2 is 1.75 bits per heavy atom. The Morgan fingerprint density at radius 3 is 2.50 bits per heavy atom. The van der Waals surface area contributed by atoms with Gasteiger partial charge >= 0.3 is 0 Å².